The van der Waals surface area contributed by atoms with Crippen molar-refractivity contribution >= 4 is 11.0 Å². The number of fused-ring (bicyclic) bond motifs is 3. The third-order valence-electron chi connectivity index (χ3n) is 4.98. The van der Waals surface area contributed by atoms with Crippen molar-refractivity contribution in [3.8, 4) is 11.3 Å². The van der Waals surface area contributed by atoms with Gasteiger partial charge in [0.2, 0.25) is 0 Å². The molecular formula is C17H17N5O2. The summed E-state index contributed by atoms with van der Waals surface area (Å²) >= 11 is 0. The van der Waals surface area contributed by atoms with Crippen LogP contribution in [0.2, 0.25) is 0 Å². The van der Waals surface area contributed by atoms with Crippen LogP contribution in [0.4, 0.5) is 0 Å². The van der Waals surface area contributed by atoms with E-state index < -0.39 is 0 Å². The molecule has 0 saturated carbocycles. The average molecular weight is 323 g/mol. The second-order valence-electron chi connectivity index (χ2n) is 6.45. The molecule has 2 aromatic heterocycles. The van der Waals surface area contributed by atoms with Gasteiger partial charge >= 0.3 is 0 Å². The lowest BCUT2D eigenvalue weighted by Gasteiger charge is -2.40. The summed E-state index contributed by atoms with van der Waals surface area (Å²) in [6.07, 6.45) is 1.03. The van der Waals surface area contributed by atoms with Gasteiger partial charge in [-0.2, -0.15) is 10.2 Å². The van der Waals surface area contributed by atoms with E-state index >= 15 is 0 Å². The Morgan fingerprint density at radius 1 is 1.17 bits per heavy atom. The lowest BCUT2D eigenvalue weighted by molar-refractivity contribution is -0.0163. The molecule has 24 heavy (non-hydrogen) atoms. The van der Waals surface area contributed by atoms with Crippen LogP contribution < -0.4 is 5.56 Å². The Labute approximate surface area is 137 Å². The second-order valence-corrected chi connectivity index (χ2v) is 6.45. The van der Waals surface area contributed by atoms with Gasteiger partial charge in [0.05, 0.1) is 18.7 Å². The first-order chi connectivity index (χ1) is 11.8. The van der Waals surface area contributed by atoms with Crippen molar-refractivity contribution in [3.05, 3.63) is 45.7 Å². The van der Waals surface area contributed by atoms with Crippen molar-refractivity contribution in [1.29, 1.82) is 0 Å². The summed E-state index contributed by atoms with van der Waals surface area (Å²) in [6, 6.07) is 8.44. The van der Waals surface area contributed by atoms with Crippen LogP contribution in [-0.2, 0) is 17.7 Å². The summed E-state index contributed by atoms with van der Waals surface area (Å²) in [5.74, 6) is 0. The minimum Gasteiger partial charge on any atom is -0.378 e. The van der Waals surface area contributed by atoms with E-state index in [-0.39, 0.29) is 5.56 Å². The smallest absolute Gasteiger partial charge is 0.266 e. The Bertz CT molecular complexity index is 977. The number of rotatable bonds is 1. The molecule has 0 radical (unpaired) electrons. The molecule has 1 unspecified atom stereocenters. The summed E-state index contributed by atoms with van der Waals surface area (Å²) in [5, 5.41) is 13.9. The number of hydrogen-bond donors (Lipinski definition) is 2. The Morgan fingerprint density at radius 3 is 3.08 bits per heavy atom. The van der Waals surface area contributed by atoms with Crippen LogP contribution in [0, 0.1) is 0 Å². The monoisotopic (exact) mass is 323 g/mol. The first-order valence-electron chi connectivity index (χ1n) is 8.16. The first-order valence-corrected chi connectivity index (χ1v) is 8.16. The molecule has 1 atom stereocenters. The number of hydrogen-bond acceptors (Lipinski definition) is 5. The molecule has 5 rings (SSSR count). The van der Waals surface area contributed by atoms with E-state index in [1.165, 1.54) is 17.2 Å². The summed E-state index contributed by atoms with van der Waals surface area (Å²) < 4.78 is 5.60. The van der Waals surface area contributed by atoms with E-state index in [9.17, 15) is 4.79 Å². The van der Waals surface area contributed by atoms with E-state index in [0.717, 1.165) is 44.0 Å². The second kappa shape index (κ2) is 5.25. The predicted octanol–water partition coefficient (Wildman–Crippen LogP) is 1.07. The van der Waals surface area contributed by atoms with Gasteiger partial charge in [-0.25, -0.2) is 5.10 Å². The minimum atomic E-state index is -0.235. The maximum Gasteiger partial charge on any atom is 0.266 e. The summed E-state index contributed by atoms with van der Waals surface area (Å²) in [7, 11) is 0. The molecular weight excluding hydrogens is 306 g/mol. The lowest BCUT2D eigenvalue weighted by atomic mass is 9.91. The van der Waals surface area contributed by atoms with Crippen LogP contribution in [0.3, 0.4) is 0 Å². The highest BCUT2D eigenvalue weighted by atomic mass is 16.5. The minimum absolute atomic E-state index is 0.235. The molecule has 0 spiro atoms. The predicted molar refractivity (Wildman–Crippen MR) is 88.7 cm³/mol. The third-order valence-corrected chi connectivity index (χ3v) is 4.98. The van der Waals surface area contributed by atoms with Crippen molar-refractivity contribution in [3.63, 3.8) is 0 Å². The zero-order valence-electron chi connectivity index (χ0n) is 13.1. The highest BCUT2D eigenvalue weighted by Crippen LogP contribution is 2.30. The maximum atomic E-state index is 11.4. The number of H-pyrrole nitrogens is 2. The van der Waals surface area contributed by atoms with Crippen LogP contribution in [0.25, 0.3) is 22.3 Å². The molecule has 0 bridgehead atoms. The van der Waals surface area contributed by atoms with Gasteiger partial charge in [0.1, 0.15) is 11.2 Å². The van der Waals surface area contributed by atoms with Crippen molar-refractivity contribution in [2.45, 2.75) is 19.0 Å². The topological polar surface area (TPSA) is 86.9 Å². The highest BCUT2D eigenvalue weighted by Gasteiger charge is 2.29. The zero-order chi connectivity index (χ0) is 16.1. The van der Waals surface area contributed by atoms with Gasteiger partial charge in [-0.05, 0) is 23.6 Å². The molecule has 0 amide bonds. The van der Waals surface area contributed by atoms with Gasteiger partial charge in [0, 0.05) is 30.8 Å². The number of benzene rings is 1. The van der Waals surface area contributed by atoms with Gasteiger partial charge in [0.15, 0.2) is 0 Å². The van der Waals surface area contributed by atoms with Crippen LogP contribution >= 0.6 is 0 Å². The average Bonchev–Trinajstić information content (AvgIpc) is 3.02. The third kappa shape index (κ3) is 2.16. The largest absolute Gasteiger partial charge is 0.378 e. The summed E-state index contributed by atoms with van der Waals surface area (Å²) in [5.41, 5.74) is 5.62. The van der Waals surface area contributed by atoms with E-state index in [4.69, 9.17) is 4.74 Å². The normalized spacial score (nSPS) is 20.8. The fourth-order valence-corrected chi connectivity index (χ4v) is 3.72. The Morgan fingerprint density at radius 2 is 2.12 bits per heavy atom. The summed E-state index contributed by atoms with van der Waals surface area (Å²) in [4.78, 5) is 13.9. The molecule has 4 heterocycles. The molecule has 122 valence electrons. The molecule has 7 heteroatoms. The van der Waals surface area contributed by atoms with Crippen molar-refractivity contribution in [2.24, 2.45) is 0 Å². The van der Waals surface area contributed by atoms with Gasteiger partial charge in [-0.3, -0.25) is 14.8 Å². The zero-order valence-corrected chi connectivity index (χ0v) is 13.1. The number of nitrogens with zero attached hydrogens (tertiary/aromatic N) is 3. The first kappa shape index (κ1) is 13.9. The van der Waals surface area contributed by atoms with Crippen LogP contribution in [0.1, 0.15) is 11.1 Å². The molecule has 7 nitrogen and oxygen atoms in total. The molecule has 1 fully saturated rings. The van der Waals surface area contributed by atoms with Crippen molar-refractivity contribution in [1.82, 2.24) is 25.3 Å². The molecule has 3 aromatic rings. The van der Waals surface area contributed by atoms with Gasteiger partial charge in [-0.15, -0.1) is 0 Å². The Hall–Kier alpha value is -2.51. The molecule has 1 aromatic carbocycles. The number of aromatic nitrogens is 4. The fraction of sp³-hybridized carbons (Fsp3) is 0.353. The van der Waals surface area contributed by atoms with E-state index in [1.54, 1.807) is 0 Å². The van der Waals surface area contributed by atoms with Crippen LogP contribution in [0.15, 0.2) is 29.1 Å². The number of ether oxygens (including phenoxy) is 1. The van der Waals surface area contributed by atoms with Gasteiger partial charge in [0.25, 0.3) is 5.56 Å². The lowest BCUT2D eigenvalue weighted by Crippen LogP contribution is -2.48. The van der Waals surface area contributed by atoms with Crippen LogP contribution in [-0.4, -0.2) is 51.1 Å². The summed E-state index contributed by atoms with van der Waals surface area (Å²) in [6.45, 7) is 3.57. The fourth-order valence-electron chi connectivity index (χ4n) is 3.72. The molecule has 1 saturated heterocycles. The standard InChI is InChI=1S/C17H17N5O2/c23-15-7-14-17(21-19-15)16(20-18-14)11-2-1-10-6-13-9-24-4-3-22(13)8-12(10)5-11/h1-2,5,7,13H,3-4,6,8-9H2,(H,18,20)(H,19,23). The SMILES string of the molecule is O=c1cc2[nH]nc(-c3ccc4c(c3)CN3CCOCC3C4)c2n[nH]1. The van der Waals surface area contributed by atoms with E-state index in [0.29, 0.717) is 17.1 Å². The Kier molecular flexibility index (Phi) is 3.04. The number of morpholine rings is 1. The Balaban J connectivity index is 1.57. The molecule has 2 aliphatic heterocycles. The molecule has 2 N–H and O–H groups in total. The molecule has 0 aliphatic carbocycles. The molecule has 2 aliphatic rings. The quantitative estimate of drug-likeness (QED) is 0.699. The van der Waals surface area contributed by atoms with Crippen molar-refractivity contribution in [2.75, 3.05) is 19.8 Å². The maximum absolute atomic E-state index is 11.4. The number of aromatic amines is 2. The highest BCUT2D eigenvalue weighted by molar-refractivity contribution is 5.89. The van der Waals surface area contributed by atoms with Crippen molar-refractivity contribution < 1.29 is 4.74 Å². The van der Waals surface area contributed by atoms with E-state index in [1.807, 2.05) is 0 Å². The van der Waals surface area contributed by atoms with Gasteiger partial charge < -0.3 is 4.74 Å². The van der Waals surface area contributed by atoms with Gasteiger partial charge in [-0.1, -0.05) is 12.1 Å². The van der Waals surface area contributed by atoms with Crippen LogP contribution in [0.5, 0.6) is 0 Å². The van der Waals surface area contributed by atoms with E-state index in [2.05, 4.69) is 43.5 Å². The number of nitrogens with one attached hydrogen (secondary N) is 2.